The summed E-state index contributed by atoms with van der Waals surface area (Å²) in [6.45, 7) is 0. The second kappa shape index (κ2) is 9.43. The predicted octanol–water partition coefficient (Wildman–Crippen LogP) is 11.9. The lowest BCUT2D eigenvalue weighted by Crippen LogP contribution is -1.98. The topological polar surface area (TPSA) is 9.86 Å². The van der Waals surface area contributed by atoms with Crippen molar-refractivity contribution < 1.29 is 0 Å². The van der Waals surface area contributed by atoms with Crippen molar-refractivity contribution in [3.8, 4) is 22.5 Å². The molecule has 0 fully saturated rings. The monoisotopic (exact) mass is 590 g/mol. The fourth-order valence-corrected chi connectivity index (χ4v) is 8.73. The normalized spacial score (nSPS) is 12.0. The first-order valence-electron chi connectivity index (χ1n) is 15.4. The molecule has 10 rings (SSSR count). The first-order chi connectivity index (χ1) is 22.4. The lowest BCUT2D eigenvalue weighted by molar-refractivity contribution is 1.17. The van der Waals surface area contributed by atoms with E-state index in [-0.39, 0.29) is 0 Å². The van der Waals surface area contributed by atoms with E-state index in [1.54, 1.807) is 0 Å². The number of thiophene rings is 1. The summed E-state index contributed by atoms with van der Waals surface area (Å²) in [5, 5.41) is 7.80. The lowest BCUT2D eigenvalue weighted by Gasteiger charge is -2.14. The molecule has 0 saturated carbocycles. The fraction of sp³-hybridized carbons (Fsp3) is 0. The number of para-hydroxylation sites is 3. The van der Waals surface area contributed by atoms with Gasteiger partial charge in [0, 0.05) is 47.3 Å². The van der Waals surface area contributed by atoms with E-state index < -0.39 is 0 Å². The first kappa shape index (κ1) is 24.8. The third kappa shape index (κ3) is 3.44. The maximum absolute atomic E-state index is 2.50. The van der Waals surface area contributed by atoms with Crippen LogP contribution in [0.4, 0.5) is 0 Å². The number of hydrogen-bond acceptors (Lipinski definition) is 1. The Morgan fingerprint density at radius 2 is 0.933 bits per heavy atom. The molecule has 0 radical (unpaired) electrons. The van der Waals surface area contributed by atoms with Gasteiger partial charge in [-0.05, 0) is 48.0 Å². The Morgan fingerprint density at radius 1 is 0.356 bits per heavy atom. The van der Waals surface area contributed by atoms with E-state index in [1.807, 2.05) is 11.3 Å². The van der Waals surface area contributed by atoms with Gasteiger partial charge >= 0.3 is 0 Å². The molecule has 0 saturated heterocycles. The molecule has 3 heterocycles. The molecule has 0 unspecified atom stereocenters. The van der Waals surface area contributed by atoms with Crippen LogP contribution < -0.4 is 0 Å². The van der Waals surface area contributed by atoms with Crippen LogP contribution in [0.1, 0.15) is 0 Å². The van der Waals surface area contributed by atoms with Crippen molar-refractivity contribution in [1.82, 2.24) is 9.13 Å². The highest BCUT2D eigenvalue weighted by atomic mass is 32.1. The van der Waals surface area contributed by atoms with E-state index in [2.05, 4.69) is 167 Å². The van der Waals surface area contributed by atoms with Gasteiger partial charge in [0.15, 0.2) is 0 Å². The van der Waals surface area contributed by atoms with Gasteiger partial charge in [-0.2, -0.15) is 0 Å². The van der Waals surface area contributed by atoms with Gasteiger partial charge in [-0.25, -0.2) is 0 Å². The van der Waals surface area contributed by atoms with Gasteiger partial charge < -0.3 is 9.13 Å². The van der Waals surface area contributed by atoms with Crippen molar-refractivity contribution in [2.24, 2.45) is 0 Å². The highest BCUT2D eigenvalue weighted by Crippen LogP contribution is 2.45. The Bertz CT molecular complexity index is 2760. The summed E-state index contributed by atoms with van der Waals surface area (Å²) in [7, 11) is 0. The van der Waals surface area contributed by atoms with Crippen LogP contribution in [-0.2, 0) is 0 Å². The number of aromatic nitrogens is 2. The molecule has 0 atom stereocenters. The molecule has 0 spiro atoms. The third-order valence-corrected chi connectivity index (χ3v) is 10.5. The summed E-state index contributed by atoms with van der Waals surface area (Å²) in [4.78, 5) is 0. The van der Waals surface area contributed by atoms with Crippen LogP contribution >= 0.6 is 11.3 Å². The summed E-state index contributed by atoms with van der Waals surface area (Å²) in [5.41, 5.74) is 9.69. The minimum atomic E-state index is 1.18. The molecule has 0 amide bonds. The van der Waals surface area contributed by atoms with E-state index in [0.717, 1.165) is 0 Å². The van der Waals surface area contributed by atoms with Crippen molar-refractivity contribution >= 4 is 75.1 Å². The van der Waals surface area contributed by atoms with Crippen LogP contribution in [0.5, 0.6) is 0 Å². The van der Waals surface area contributed by atoms with Gasteiger partial charge in [-0.15, -0.1) is 11.3 Å². The largest absolute Gasteiger partial charge is 0.309 e. The van der Waals surface area contributed by atoms with E-state index in [9.17, 15) is 0 Å². The maximum atomic E-state index is 2.50. The van der Waals surface area contributed by atoms with Crippen LogP contribution in [0.3, 0.4) is 0 Å². The zero-order valence-corrected chi connectivity index (χ0v) is 25.1. The first-order valence-corrected chi connectivity index (χ1v) is 16.2. The Labute approximate surface area is 263 Å². The average Bonchev–Trinajstić information content (AvgIpc) is 3.76. The molecule has 7 aromatic carbocycles. The van der Waals surface area contributed by atoms with Gasteiger partial charge in [0.2, 0.25) is 0 Å². The van der Waals surface area contributed by atoms with Crippen LogP contribution in [0.25, 0.3) is 86.3 Å². The molecule has 2 nitrogen and oxygen atoms in total. The van der Waals surface area contributed by atoms with Gasteiger partial charge in [0.1, 0.15) is 0 Å². The van der Waals surface area contributed by atoms with E-state index >= 15 is 0 Å². The minimum absolute atomic E-state index is 1.18. The second-order valence-electron chi connectivity index (χ2n) is 11.7. The van der Waals surface area contributed by atoms with E-state index in [1.165, 1.54) is 86.3 Å². The SMILES string of the molecule is c1ccc(-c2ccccc2-n2c3ccccc3c3c(-n4c5ccccc5c5c6sc7ccccc7c6ccc54)cccc32)cc1. The van der Waals surface area contributed by atoms with Crippen molar-refractivity contribution in [3.05, 3.63) is 158 Å². The van der Waals surface area contributed by atoms with Gasteiger partial charge in [0.25, 0.3) is 0 Å². The zero-order chi connectivity index (χ0) is 29.5. The molecule has 0 N–H and O–H groups in total. The van der Waals surface area contributed by atoms with Crippen molar-refractivity contribution in [2.75, 3.05) is 0 Å². The summed E-state index contributed by atoms with van der Waals surface area (Å²) in [6.07, 6.45) is 0. The van der Waals surface area contributed by atoms with E-state index in [0.29, 0.717) is 0 Å². The second-order valence-corrected chi connectivity index (χ2v) is 12.7. The van der Waals surface area contributed by atoms with Crippen LogP contribution in [-0.4, -0.2) is 9.13 Å². The number of rotatable bonds is 3. The number of hydrogen-bond donors (Lipinski definition) is 0. The van der Waals surface area contributed by atoms with Gasteiger partial charge in [-0.3, -0.25) is 0 Å². The zero-order valence-electron chi connectivity index (χ0n) is 24.3. The molecule has 3 heteroatoms. The molecular weight excluding hydrogens is 565 g/mol. The molecule has 210 valence electrons. The summed E-state index contributed by atoms with van der Waals surface area (Å²) in [6, 6.07) is 57.5. The Hall–Kier alpha value is -5.64. The summed E-state index contributed by atoms with van der Waals surface area (Å²) < 4.78 is 7.64. The Morgan fingerprint density at radius 3 is 1.76 bits per heavy atom. The quantitative estimate of drug-likeness (QED) is 0.194. The number of fused-ring (bicyclic) bond motifs is 10. The molecular formula is C42H26N2S. The molecule has 0 aliphatic heterocycles. The maximum Gasteiger partial charge on any atom is 0.0562 e. The van der Waals surface area contributed by atoms with E-state index in [4.69, 9.17) is 0 Å². The van der Waals surface area contributed by atoms with Crippen molar-refractivity contribution in [2.45, 2.75) is 0 Å². The Kier molecular flexibility index (Phi) is 5.19. The molecule has 0 bridgehead atoms. The smallest absolute Gasteiger partial charge is 0.0562 e. The minimum Gasteiger partial charge on any atom is -0.309 e. The average molecular weight is 591 g/mol. The predicted molar refractivity (Wildman–Crippen MR) is 193 cm³/mol. The third-order valence-electron chi connectivity index (χ3n) is 9.33. The Balaban J connectivity index is 1.35. The van der Waals surface area contributed by atoms with Crippen LogP contribution in [0.15, 0.2) is 158 Å². The highest BCUT2D eigenvalue weighted by Gasteiger charge is 2.22. The standard InChI is InChI=1S/C42H26N2S/c1-2-13-27(14-3-1)28-15-4-8-19-33(28)43-34-20-9-5-17-31(34)40-36(43)22-12-23-37(40)44-35-21-10-6-18-32(35)41-38(44)26-25-30-29-16-7-11-24-39(29)45-42(30)41/h1-26H. The number of nitrogens with zero attached hydrogens (tertiary/aromatic N) is 2. The molecule has 0 aliphatic rings. The van der Waals surface area contributed by atoms with Gasteiger partial charge in [-0.1, -0.05) is 115 Å². The van der Waals surface area contributed by atoms with Crippen LogP contribution in [0, 0.1) is 0 Å². The molecule has 3 aromatic heterocycles. The lowest BCUT2D eigenvalue weighted by atomic mass is 10.0. The summed E-state index contributed by atoms with van der Waals surface area (Å²) in [5.74, 6) is 0. The van der Waals surface area contributed by atoms with Crippen LogP contribution in [0.2, 0.25) is 0 Å². The fourth-order valence-electron chi connectivity index (χ4n) is 7.47. The van der Waals surface area contributed by atoms with Crippen molar-refractivity contribution in [1.29, 1.82) is 0 Å². The number of benzene rings is 7. The summed E-state index contributed by atoms with van der Waals surface area (Å²) >= 11 is 1.90. The molecule has 0 aliphatic carbocycles. The van der Waals surface area contributed by atoms with Crippen molar-refractivity contribution in [3.63, 3.8) is 0 Å². The highest BCUT2D eigenvalue weighted by molar-refractivity contribution is 7.26. The van der Waals surface area contributed by atoms with Gasteiger partial charge in [0.05, 0.1) is 33.4 Å². The molecule has 10 aromatic rings. The molecule has 45 heavy (non-hydrogen) atoms.